The van der Waals surface area contributed by atoms with Crippen molar-refractivity contribution in [3.63, 3.8) is 0 Å². The highest BCUT2D eigenvalue weighted by Crippen LogP contribution is 2.19. The molecular weight excluding hydrogens is 264 g/mol. The summed E-state index contributed by atoms with van der Waals surface area (Å²) in [6, 6.07) is 0. The molecule has 19 heavy (non-hydrogen) atoms. The van der Waals surface area contributed by atoms with Gasteiger partial charge in [0.15, 0.2) is 0 Å². The van der Waals surface area contributed by atoms with E-state index in [1.807, 2.05) is 0 Å². The molecule has 0 aromatic rings. The third-order valence-corrected chi connectivity index (χ3v) is 4.50. The molecule has 110 valence electrons. The van der Waals surface area contributed by atoms with E-state index in [4.69, 9.17) is 5.11 Å². The molecule has 1 rings (SSSR count). The smallest absolute Gasteiger partial charge is 0.303 e. The van der Waals surface area contributed by atoms with Gasteiger partial charge in [0, 0.05) is 18.2 Å². The number of carbonyl (C=O) groups is 2. The normalized spacial score (nSPS) is 16.2. The van der Waals surface area contributed by atoms with Crippen LogP contribution in [0, 0.1) is 0 Å². The number of carboxylic acids is 1. The fourth-order valence-corrected chi connectivity index (χ4v) is 3.07. The minimum absolute atomic E-state index is 0.0989. The summed E-state index contributed by atoms with van der Waals surface area (Å²) in [7, 11) is 0. The Morgan fingerprint density at radius 2 is 1.95 bits per heavy atom. The average molecular weight is 288 g/mol. The topological polar surface area (TPSA) is 78.4 Å². The number of aliphatic carboxylic acids is 1. The fourth-order valence-electron chi connectivity index (χ4n) is 2.01. The van der Waals surface area contributed by atoms with Gasteiger partial charge in [-0.3, -0.25) is 9.59 Å². The second-order valence-electron chi connectivity index (χ2n) is 4.81. The van der Waals surface area contributed by atoms with Crippen molar-refractivity contribution in [2.45, 2.75) is 43.8 Å². The van der Waals surface area contributed by atoms with Crippen molar-refractivity contribution in [3.8, 4) is 0 Å². The molecule has 1 fully saturated rings. The third kappa shape index (κ3) is 8.88. The third-order valence-electron chi connectivity index (χ3n) is 3.13. The van der Waals surface area contributed by atoms with Gasteiger partial charge in [0.25, 0.3) is 0 Å². The van der Waals surface area contributed by atoms with Gasteiger partial charge in [-0.25, -0.2) is 0 Å². The van der Waals surface area contributed by atoms with Gasteiger partial charge in [-0.1, -0.05) is 6.42 Å². The Labute approximate surface area is 118 Å². The van der Waals surface area contributed by atoms with Gasteiger partial charge in [-0.15, -0.1) is 11.8 Å². The molecule has 0 saturated carbocycles. The first-order valence-electron chi connectivity index (χ1n) is 6.99. The summed E-state index contributed by atoms with van der Waals surface area (Å²) in [6.07, 6.45) is 4.92. The maximum absolute atomic E-state index is 11.6. The van der Waals surface area contributed by atoms with Crippen molar-refractivity contribution in [1.82, 2.24) is 10.6 Å². The summed E-state index contributed by atoms with van der Waals surface area (Å²) >= 11 is 1.75. The zero-order chi connectivity index (χ0) is 13.9. The molecule has 0 unspecified atom stereocenters. The molecule has 0 radical (unpaired) electrons. The molecular formula is C13H24N2O3S. The van der Waals surface area contributed by atoms with E-state index < -0.39 is 5.97 Å². The molecule has 1 aliphatic heterocycles. The predicted molar refractivity (Wildman–Crippen MR) is 77.5 cm³/mol. The molecule has 1 saturated heterocycles. The summed E-state index contributed by atoms with van der Waals surface area (Å²) in [5, 5.41) is 15.3. The first kappa shape index (κ1) is 16.3. The Bertz CT molecular complexity index is 281. The quantitative estimate of drug-likeness (QED) is 0.556. The number of amides is 1. The monoisotopic (exact) mass is 288 g/mol. The minimum atomic E-state index is -0.748. The van der Waals surface area contributed by atoms with Crippen molar-refractivity contribution in [2.24, 2.45) is 0 Å². The van der Waals surface area contributed by atoms with Crippen LogP contribution in [0.4, 0.5) is 0 Å². The van der Waals surface area contributed by atoms with Crippen molar-refractivity contribution >= 4 is 23.6 Å². The Kier molecular flexibility index (Phi) is 8.66. The zero-order valence-corrected chi connectivity index (χ0v) is 12.1. The lowest BCUT2D eigenvalue weighted by molar-refractivity contribution is -0.137. The molecule has 0 aromatic carbocycles. The van der Waals surface area contributed by atoms with Crippen LogP contribution >= 0.6 is 11.8 Å². The van der Waals surface area contributed by atoms with Gasteiger partial charge in [-0.2, -0.15) is 0 Å². The molecule has 0 spiro atoms. The van der Waals surface area contributed by atoms with Crippen LogP contribution in [0.3, 0.4) is 0 Å². The maximum atomic E-state index is 11.6. The van der Waals surface area contributed by atoms with E-state index in [9.17, 15) is 9.59 Å². The van der Waals surface area contributed by atoms with Crippen LogP contribution < -0.4 is 10.6 Å². The second kappa shape index (κ2) is 10.1. The predicted octanol–water partition coefficient (Wildman–Crippen LogP) is 1.23. The van der Waals surface area contributed by atoms with Gasteiger partial charge >= 0.3 is 5.97 Å². The number of hydrogen-bond donors (Lipinski definition) is 3. The molecule has 1 heterocycles. The summed E-state index contributed by atoms with van der Waals surface area (Å²) < 4.78 is 0. The van der Waals surface area contributed by atoms with Crippen LogP contribution in [0.1, 0.15) is 38.5 Å². The highest BCUT2D eigenvalue weighted by atomic mass is 32.2. The number of nitrogens with one attached hydrogen (secondary N) is 2. The summed E-state index contributed by atoms with van der Waals surface area (Å²) in [5.74, 6) is -0.107. The molecule has 5 nitrogen and oxygen atoms in total. The van der Waals surface area contributed by atoms with E-state index in [1.165, 1.54) is 0 Å². The van der Waals surface area contributed by atoms with Gasteiger partial charge in [0.2, 0.25) is 5.91 Å². The van der Waals surface area contributed by atoms with Crippen molar-refractivity contribution in [2.75, 3.05) is 25.4 Å². The highest BCUT2D eigenvalue weighted by molar-refractivity contribution is 8.00. The molecule has 0 aromatic heterocycles. The first-order valence-corrected chi connectivity index (χ1v) is 8.04. The maximum Gasteiger partial charge on any atom is 0.303 e. The minimum Gasteiger partial charge on any atom is -0.481 e. The number of rotatable bonds is 9. The molecule has 0 atom stereocenters. The molecule has 0 aliphatic carbocycles. The molecule has 1 amide bonds. The van der Waals surface area contributed by atoms with Gasteiger partial charge in [0.05, 0.1) is 5.75 Å². The van der Waals surface area contributed by atoms with E-state index in [0.717, 1.165) is 38.8 Å². The van der Waals surface area contributed by atoms with Crippen LogP contribution in [0.25, 0.3) is 0 Å². The second-order valence-corrected chi connectivity index (χ2v) is 6.10. The van der Waals surface area contributed by atoms with Crippen molar-refractivity contribution in [3.05, 3.63) is 0 Å². The van der Waals surface area contributed by atoms with E-state index in [-0.39, 0.29) is 12.3 Å². The fraction of sp³-hybridized carbons (Fsp3) is 0.846. The number of piperidine rings is 1. The standard InChI is InChI=1S/C13H24N2O3S/c16-12(10-19-11-5-8-14-9-6-11)15-7-3-1-2-4-13(17)18/h11,14H,1-10H2,(H,15,16)(H,17,18). The van der Waals surface area contributed by atoms with Gasteiger partial charge in [-0.05, 0) is 38.8 Å². The van der Waals surface area contributed by atoms with Gasteiger partial charge < -0.3 is 15.7 Å². The molecule has 6 heteroatoms. The Morgan fingerprint density at radius 1 is 1.21 bits per heavy atom. The average Bonchev–Trinajstić information content (AvgIpc) is 2.41. The molecule has 1 aliphatic rings. The van der Waals surface area contributed by atoms with Crippen molar-refractivity contribution < 1.29 is 14.7 Å². The van der Waals surface area contributed by atoms with Gasteiger partial charge in [0.1, 0.15) is 0 Å². The van der Waals surface area contributed by atoms with Crippen LogP contribution in [0.5, 0.6) is 0 Å². The lowest BCUT2D eigenvalue weighted by Crippen LogP contribution is -2.31. The lowest BCUT2D eigenvalue weighted by Gasteiger charge is -2.21. The SMILES string of the molecule is O=C(O)CCCCCNC(=O)CSC1CCNCC1. The molecule has 3 N–H and O–H groups in total. The van der Waals surface area contributed by atoms with E-state index in [0.29, 0.717) is 24.0 Å². The number of carboxylic acid groups (broad SMARTS) is 1. The largest absolute Gasteiger partial charge is 0.481 e. The number of carbonyl (C=O) groups excluding carboxylic acids is 1. The zero-order valence-electron chi connectivity index (χ0n) is 11.3. The Hall–Kier alpha value is -0.750. The summed E-state index contributed by atoms with van der Waals surface area (Å²) in [5.41, 5.74) is 0. The number of unbranched alkanes of at least 4 members (excludes halogenated alkanes) is 2. The number of thioether (sulfide) groups is 1. The van der Waals surface area contributed by atoms with Crippen LogP contribution in [-0.2, 0) is 9.59 Å². The Morgan fingerprint density at radius 3 is 2.63 bits per heavy atom. The summed E-state index contributed by atoms with van der Waals surface area (Å²) in [6.45, 7) is 2.77. The Balaban J connectivity index is 1.91. The lowest BCUT2D eigenvalue weighted by atomic mass is 10.2. The van der Waals surface area contributed by atoms with E-state index >= 15 is 0 Å². The van der Waals surface area contributed by atoms with E-state index in [2.05, 4.69) is 10.6 Å². The molecule has 0 bridgehead atoms. The van der Waals surface area contributed by atoms with Crippen LogP contribution in [0.2, 0.25) is 0 Å². The van der Waals surface area contributed by atoms with Crippen LogP contribution in [0.15, 0.2) is 0 Å². The van der Waals surface area contributed by atoms with Crippen molar-refractivity contribution in [1.29, 1.82) is 0 Å². The van der Waals surface area contributed by atoms with Crippen LogP contribution in [-0.4, -0.2) is 47.6 Å². The number of hydrogen-bond acceptors (Lipinski definition) is 4. The van der Waals surface area contributed by atoms with E-state index in [1.54, 1.807) is 11.8 Å². The summed E-state index contributed by atoms with van der Waals surface area (Å²) in [4.78, 5) is 21.9. The first-order chi connectivity index (χ1) is 9.18. The highest BCUT2D eigenvalue weighted by Gasteiger charge is 2.14.